The Balaban J connectivity index is 1.85. The Morgan fingerprint density at radius 1 is 1.06 bits per heavy atom. The van der Waals surface area contributed by atoms with E-state index in [0.29, 0.717) is 35.3 Å². The van der Waals surface area contributed by atoms with E-state index in [-0.39, 0.29) is 28.0 Å². The number of likely N-dealkylation sites (tertiary alicyclic amines) is 1. The summed E-state index contributed by atoms with van der Waals surface area (Å²) >= 11 is 0. The molecule has 1 fully saturated rings. The molecular weight excluding hydrogens is 414 g/mol. The van der Waals surface area contributed by atoms with Gasteiger partial charge in [-0.25, -0.2) is 13.4 Å². The number of rotatable bonds is 4. The van der Waals surface area contributed by atoms with Gasteiger partial charge in [-0.1, -0.05) is 6.07 Å². The highest BCUT2D eigenvalue weighted by molar-refractivity contribution is 7.93. The number of sulfonamides is 1. The summed E-state index contributed by atoms with van der Waals surface area (Å²) < 4.78 is 35.3. The van der Waals surface area contributed by atoms with Crippen LogP contribution in [0, 0.1) is 27.7 Å². The molecule has 164 valence electrons. The maximum absolute atomic E-state index is 13.4. The van der Waals surface area contributed by atoms with Gasteiger partial charge in [0.1, 0.15) is 10.7 Å². The lowest BCUT2D eigenvalue weighted by Crippen LogP contribution is -2.35. The molecule has 1 saturated heterocycles. The molecule has 0 radical (unpaired) electrons. The molecule has 4 rings (SSSR count). The van der Waals surface area contributed by atoms with Gasteiger partial charge < -0.3 is 9.32 Å². The van der Waals surface area contributed by atoms with Gasteiger partial charge >= 0.3 is 0 Å². The predicted molar refractivity (Wildman–Crippen MR) is 120 cm³/mol. The summed E-state index contributed by atoms with van der Waals surface area (Å²) in [6.45, 7) is 8.60. The van der Waals surface area contributed by atoms with E-state index in [0.717, 1.165) is 24.8 Å². The Bertz CT molecular complexity index is 1270. The average molecular weight is 442 g/mol. The molecule has 1 N–H and O–H groups in total. The molecule has 0 unspecified atom stereocenters. The highest BCUT2D eigenvalue weighted by Crippen LogP contribution is 2.36. The molecular formula is C23H27N3O4S. The molecule has 7 nitrogen and oxygen atoms in total. The van der Waals surface area contributed by atoms with Crippen LogP contribution in [0.2, 0.25) is 0 Å². The van der Waals surface area contributed by atoms with Gasteiger partial charge in [-0.2, -0.15) is 0 Å². The van der Waals surface area contributed by atoms with Crippen molar-refractivity contribution in [2.75, 3.05) is 17.8 Å². The van der Waals surface area contributed by atoms with Gasteiger partial charge in [-0.15, -0.1) is 0 Å². The molecule has 0 spiro atoms. The van der Waals surface area contributed by atoms with E-state index in [1.807, 2.05) is 19.9 Å². The minimum absolute atomic E-state index is 0.0478. The van der Waals surface area contributed by atoms with Crippen molar-refractivity contribution in [2.45, 2.75) is 51.9 Å². The van der Waals surface area contributed by atoms with Crippen molar-refractivity contribution >= 4 is 32.7 Å². The van der Waals surface area contributed by atoms with Crippen LogP contribution in [0.1, 0.15) is 52.2 Å². The number of furan rings is 1. The molecule has 8 heteroatoms. The fourth-order valence-electron chi connectivity index (χ4n) is 4.10. The third kappa shape index (κ3) is 3.92. The van der Waals surface area contributed by atoms with Gasteiger partial charge in [-0.05, 0) is 76.3 Å². The Kier molecular flexibility index (Phi) is 5.51. The molecule has 3 heterocycles. The second-order valence-corrected chi connectivity index (χ2v) is 9.82. The van der Waals surface area contributed by atoms with Crippen LogP contribution in [-0.2, 0) is 10.0 Å². The average Bonchev–Trinajstić information content (AvgIpc) is 3.04. The first-order chi connectivity index (χ1) is 14.7. The minimum Gasteiger partial charge on any atom is -0.449 e. The van der Waals surface area contributed by atoms with Gasteiger partial charge in [0.15, 0.2) is 11.3 Å². The molecule has 0 atom stereocenters. The monoisotopic (exact) mass is 441 g/mol. The van der Waals surface area contributed by atoms with Gasteiger partial charge in [0.25, 0.3) is 15.9 Å². The van der Waals surface area contributed by atoms with Crippen molar-refractivity contribution in [1.82, 2.24) is 9.88 Å². The molecule has 1 amide bonds. The summed E-state index contributed by atoms with van der Waals surface area (Å²) in [6.07, 6.45) is 3.05. The molecule has 3 aromatic rings. The second-order valence-electron chi connectivity index (χ2n) is 8.20. The van der Waals surface area contributed by atoms with E-state index in [1.165, 1.54) is 0 Å². The number of nitrogens with zero attached hydrogens (tertiary/aromatic N) is 2. The summed E-state index contributed by atoms with van der Waals surface area (Å²) in [6, 6.07) is 7.03. The lowest BCUT2D eigenvalue weighted by atomic mass is 10.0. The first kappa shape index (κ1) is 21.4. The number of hydrogen-bond acceptors (Lipinski definition) is 5. The largest absolute Gasteiger partial charge is 0.449 e. The Morgan fingerprint density at radius 2 is 1.77 bits per heavy atom. The first-order valence-electron chi connectivity index (χ1n) is 10.5. The van der Waals surface area contributed by atoms with Gasteiger partial charge in [0, 0.05) is 29.7 Å². The quantitative estimate of drug-likeness (QED) is 0.644. The van der Waals surface area contributed by atoms with Gasteiger partial charge in [0.2, 0.25) is 0 Å². The van der Waals surface area contributed by atoms with Crippen LogP contribution < -0.4 is 4.72 Å². The van der Waals surface area contributed by atoms with E-state index in [4.69, 9.17) is 4.42 Å². The molecule has 1 aliphatic rings. The van der Waals surface area contributed by atoms with E-state index >= 15 is 0 Å². The SMILES string of the molecule is Cc1cccc(NS(=O)(=O)c2c(C)c(C)cc3c(C)c(C(=O)N4CCCCC4)oc23)n1. The number of carbonyl (C=O) groups excluding carboxylic acids is 1. The van der Waals surface area contributed by atoms with Gasteiger partial charge in [-0.3, -0.25) is 9.52 Å². The highest BCUT2D eigenvalue weighted by Gasteiger charge is 2.30. The summed E-state index contributed by atoms with van der Waals surface area (Å²) in [5.74, 6) is 0.273. The molecule has 0 bridgehead atoms. The number of piperidine rings is 1. The van der Waals surface area contributed by atoms with Crippen LogP contribution in [0.3, 0.4) is 0 Å². The molecule has 2 aromatic heterocycles. The fraction of sp³-hybridized carbons (Fsp3) is 0.391. The Labute approximate surface area is 182 Å². The number of benzene rings is 1. The maximum Gasteiger partial charge on any atom is 0.289 e. The molecule has 1 aliphatic heterocycles. The number of carbonyl (C=O) groups is 1. The van der Waals surface area contributed by atoms with Crippen molar-refractivity contribution < 1.29 is 17.6 Å². The van der Waals surface area contributed by atoms with Crippen molar-refractivity contribution in [3.63, 3.8) is 0 Å². The van der Waals surface area contributed by atoms with E-state index < -0.39 is 10.0 Å². The van der Waals surface area contributed by atoms with Crippen molar-refractivity contribution in [2.24, 2.45) is 0 Å². The smallest absolute Gasteiger partial charge is 0.289 e. The zero-order valence-corrected chi connectivity index (χ0v) is 19.1. The van der Waals surface area contributed by atoms with Crippen LogP contribution in [0.25, 0.3) is 11.0 Å². The summed E-state index contributed by atoms with van der Waals surface area (Å²) in [5.41, 5.74) is 2.97. The summed E-state index contributed by atoms with van der Waals surface area (Å²) in [4.78, 5) is 19.2. The molecule has 0 aliphatic carbocycles. The standard InChI is InChI=1S/C23H27N3O4S/c1-14-13-18-17(4)20(23(27)26-11-6-5-7-12-26)30-21(18)22(16(14)3)31(28,29)25-19-10-8-9-15(2)24-19/h8-10,13H,5-7,11-12H2,1-4H3,(H,24,25). The van der Waals surface area contributed by atoms with E-state index in [1.54, 1.807) is 36.9 Å². The van der Waals surface area contributed by atoms with Crippen molar-refractivity contribution in [3.05, 3.63) is 52.4 Å². The van der Waals surface area contributed by atoms with E-state index in [9.17, 15) is 13.2 Å². The number of fused-ring (bicyclic) bond motifs is 1. The van der Waals surface area contributed by atoms with E-state index in [2.05, 4.69) is 9.71 Å². The van der Waals surface area contributed by atoms with Crippen LogP contribution in [0.4, 0.5) is 5.82 Å². The first-order valence-corrected chi connectivity index (χ1v) is 12.0. The van der Waals surface area contributed by atoms with Crippen LogP contribution in [-0.4, -0.2) is 37.3 Å². The van der Waals surface area contributed by atoms with Crippen LogP contribution >= 0.6 is 0 Å². The number of nitrogens with one attached hydrogen (secondary N) is 1. The zero-order valence-electron chi connectivity index (χ0n) is 18.3. The minimum atomic E-state index is -4.00. The predicted octanol–water partition coefficient (Wildman–Crippen LogP) is 4.49. The number of amides is 1. The Hall–Kier alpha value is -2.87. The highest BCUT2D eigenvalue weighted by atomic mass is 32.2. The number of aromatic nitrogens is 1. The van der Waals surface area contributed by atoms with Gasteiger partial charge in [0.05, 0.1) is 0 Å². The Morgan fingerprint density at radius 3 is 2.45 bits per heavy atom. The maximum atomic E-state index is 13.4. The van der Waals surface area contributed by atoms with Crippen LogP contribution in [0.5, 0.6) is 0 Å². The summed E-state index contributed by atoms with van der Waals surface area (Å²) in [5, 5.41) is 0.640. The lowest BCUT2D eigenvalue weighted by molar-refractivity contribution is 0.0693. The second kappa shape index (κ2) is 8.00. The number of hydrogen-bond donors (Lipinski definition) is 1. The van der Waals surface area contributed by atoms with Crippen LogP contribution in [0.15, 0.2) is 33.6 Å². The molecule has 0 saturated carbocycles. The third-order valence-corrected chi connectivity index (χ3v) is 7.43. The fourth-order valence-corrected chi connectivity index (χ4v) is 5.55. The normalized spacial score (nSPS) is 14.8. The number of aryl methyl sites for hydroxylation is 3. The zero-order chi connectivity index (χ0) is 22.3. The van der Waals surface area contributed by atoms with Crippen molar-refractivity contribution in [1.29, 1.82) is 0 Å². The van der Waals surface area contributed by atoms with Crippen molar-refractivity contribution in [3.8, 4) is 0 Å². The lowest BCUT2D eigenvalue weighted by Gasteiger charge is -2.25. The molecule has 31 heavy (non-hydrogen) atoms. The molecule has 1 aromatic carbocycles. The third-order valence-electron chi connectivity index (χ3n) is 5.93. The number of anilines is 1. The topological polar surface area (TPSA) is 92.5 Å². The summed E-state index contributed by atoms with van der Waals surface area (Å²) in [7, 11) is -4.00. The number of pyridine rings is 1.